The summed E-state index contributed by atoms with van der Waals surface area (Å²) in [6, 6.07) is 11.0. The number of benzene rings is 1. The average Bonchev–Trinajstić information content (AvgIpc) is 2.94. The van der Waals surface area contributed by atoms with E-state index in [9.17, 15) is 4.79 Å². The lowest BCUT2D eigenvalue weighted by molar-refractivity contribution is 0.112. The number of carbonyl (C=O) groups is 1. The standard InChI is InChI=1S/C15H8N2O2/c16-8-14-7-10(1-3-17-14)12-5-11-2-4-19-15(11)13(6-12)9-18/h1-7,9H. The highest BCUT2D eigenvalue weighted by atomic mass is 16.3. The van der Waals surface area contributed by atoms with E-state index in [-0.39, 0.29) is 0 Å². The zero-order valence-corrected chi connectivity index (χ0v) is 9.83. The number of furan rings is 1. The molecule has 1 aromatic carbocycles. The first kappa shape index (κ1) is 11.2. The lowest BCUT2D eigenvalue weighted by Crippen LogP contribution is -1.87. The fourth-order valence-corrected chi connectivity index (χ4v) is 2.04. The Morgan fingerprint density at radius 1 is 1.21 bits per heavy atom. The molecule has 0 spiro atoms. The Balaban J connectivity index is 2.24. The zero-order chi connectivity index (χ0) is 13.2. The maximum Gasteiger partial charge on any atom is 0.153 e. The number of hydrogen-bond donors (Lipinski definition) is 0. The van der Waals surface area contributed by atoms with Crippen molar-refractivity contribution in [1.29, 1.82) is 5.26 Å². The van der Waals surface area contributed by atoms with E-state index in [0.29, 0.717) is 16.8 Å². The zero-order valence-electron chi connectivity index (χ0n) is 9.83. The minimum Gasteiger partial charge on any atom is -0.464 e. The van der Waals surface area contributed by atoms with Crippen LogP contribution in [0, 0.1) is 11.3 Å². The predicted molar refractivity (Wildman–Crippen MR) is 69.5 cm³/mol. The molecule has 0 atom stereocenters. The summed E-state index contributed by atoms with van der Waals surface area (Å²) >= 11 is 0. The molecule has 3 aromatic rings. The molecule has 0 saturated carbocycles. The molecule has 19 heavy (non-hydrogen) atoms. The van der Waals surface area contributed by atoms with Crippen LogP contribution in [0.2, 0.25) is 0 Å². The van der Waals surface area contributed by atoms with Gasteiger partial charge >= 0.3 is 0 Å². The van der Waals surface area contributed by atoms with E-state index in [2.05, 4.69) is 4.98 Å². The first-order valence-corrected chi connectivity index (χ1v) is 5.65. The van der Waals surface area contributed by atoms with Gasteiger partial charge in [0.1, 0.15) is 17.3 Å². The van der Waals surface area contributed by atoms with Crippen LogP contribution in [-0.2, 0) is 0 Å². The van der Waals surface area contributed by atoms with Crippen molar-refractivity contribution in [1.82, 2.24) is 4.98 Å². The smallest absolute Gasteiger partial charge is 0.153 e. The molecular weight excluding hydrogens is 240 g/mol. The molecule has 0 saturated heterocycles. The molecule has 0 aliphatic heterocycles. The molecule has 0 bridgehead atoms. The van der Waals surface area contributed by atoms with E-state index in [4.69, 9.17) is 9.68 Å². The van der Waals surface area contributed by atoms with E-state index in [1.807, 2.05) is 12.1 Å². The number of pyridine rings is 1. The first-order valence-electron chi connectivity index (χ1n) is 5.65. The second-order valence-corrected chi connectivity index (χ2v) is 4.06. The Kier molecular flexibility index (Phi) is 2.58. The van der Waals surface area contributed by atoms with Crippen LogP contribution in [0.5, 0.6) is 0 Å². The molecule has 0 amide bonds. The number of rotatable bonds is 2. The molecule has 4 heteroatoms. The normalized spacial score (nSPS) is 10.3. The maximum absolute atomic E-state index is 11.1. The van der Waals surface area contributed by atoms with E-state index in [1.165, 1.54) is 0 Å². The lowest BCUT2D eigenvalue weighted by atomic mass is 10.0. The van der Waals surface area contributed by atoms with Crippen LogP contribution in [0.25, 0.3) is 22.1 Å². The molecule has 4 nitrogen and oxygen atoms in total. The minimum atomic E-state index is 0.345. The van der Waals surface area contributed by atoms with Crippen molar-refractivity contribution in [2.24, 2.45) is 0 Å². The molecule has 0 unspecified atom stereocenters. The molecule has 0 aliphatic carbocycles. The van der Waals surface area contributed by atoms with Gasteiger partial charge in [-0.3, -0.25) is 4.79 Å². The quantitative estimate of drug-likeness (QED) is 0.653. The van der Waals surface area contributed by atoms with Gasteiger partial charge in [-0.25, -0.2) is 4.98 Å². The molecule has 0 aliphatic rings. The van der Waals surface area contributed by atoms with Gasteiger partial charge in [0.25, 0.3) is 0 Å². The predicted octanol–water partition coefficient (Wildman–Crippen LogP) is 3.18. The van der Waals surface area contributed by atoms with Gasteiger partial charge in [0.2, 0.25) is 0 Å². The summed E-state index contributed by atoms with van der Waals surface area (Å²) in [6.07, 6.45) is 3.89. The molecule has 2 aromatic heterocycles. The van der Waals surface area contributed by atoms with Gasteiger partial charge in [-0.1, -0.05) is 0 Å². The average molecular weight is 248 g/mol. The number of hydrogen-bond acceptors (Lipinski definition) is 4. The third-order valence-corrected chi connectivity index (χ3v) is 2.91. The van der Waals surface area contributed by atoms with Gasteiger partial charge in [0.05, 0.1) is 11.8 Å². The van der Waals surface area contributed by atoms with Crippen molar-refractivity contribution in [3.05, 3.63) is 54.0 Å². The summed E-state index contributed by atoms with van der Waals surface area (Å²) in [7, 11) is 0. The van der Waals surface area contributed by atoms with Crippen molar-refractivity contribution in [3.8, 4) is 17.2 Å². The van der Waals surface area contributed by atoms with Gasteiger partial charge in [-0.2, -0.15) is 5.26 Å². The van der Waals surface area contributed by atoms with E-state index in [0.717, 1.165) is 22.8 Å². The summed E-state index contributed by atoms with van der Waals surface area (Å²) in [5.41, 5.74) is 3.12. The number of aromatic nitrogens is 1. The molecule has 0 N–H and O–H groups in total. The van der Waals surface area contributed by atoms with E-state index >= 15 is 0 Å². The monoisotopic (exact) mass is 248 g/mol. The number of aldehydes is 1. The molecule has 90 valence electrons. The molecule has 0 radical (unpaired) electrons. The topological polar surface area (TPSA) is 66.9 Å². The van der Waals surface area contributed by atoms with Crippen LogP contribution >= 0.6 is 0 Å². The molecule has 2 heterocycles. The second kappa shape index (κ2) is 4.39. The number of nitriles is 1. The summed E-state index contributed by atoms with van der Waals surface area (Å²) in [6.45, 7) is 0. The number of fused-ring (bicyclic) bond motifs is 1. The summed E-state index contributed by atoms with van der Waals surface area (Å²) in [5, 5.41) is 9.72. The SMILES string of the molecule is N#Cc1cc(-c2cc(C=O)c3occc3c2)ccn1. The first-order chi connectivity index (χ1) is 9.31. The second-order valence-electron chi connectivity index (χ2n) is 4.06. The molecule has 0 fully saturated rings. The Hall–Kier alpha value is -2.93. The van der Waals surface area contributed by atoms with Crippen molar-refractivity contribution < 1.29 is 9.21 Å². The maximum atomic E-state index is 11.1. The Morgan fingerprint density at radius 2 is 2.11 bits per heavy atom. The minimum absolute atomic E-state index is 0.345. The van der Waals surface area contributed by atoms with E-state index < -0.39 is 0 Å². The fourth-order valence-electron chi connectivity index (χ4n) is 2.04. The summed E-state index contributed by atoms with van der Waals surface area (Å²) in [4.78, 5) is 15.0. The van der Waals surface area contributed by atoms with E-state index in [1.54, 1.807) is 36.7 Å². The van der Waals surface area contributed by atoms with Crippen LogP contribution in [0.15, 0.2) is 47.2 Å². The van der Waals surface area contributed by atoms with Crippen molar-refractivity contribution in [2.45, 2.75) is 0 Å². The van der Waals surface area contributed by atoms with Gasteiger partial charge in [0, 0.05) is 11.6 Å². The largest absolute Gasteiger partial charge is 0.464 e. The van der Waals surface area contributed by atoms with Crippen LogP contribution < -0.4 is 0 Å². The van der Waals surface area contributed by atoms with Gasteiger partial charge < -0.3 is 4.42 Å². The van der Waals surface area contributed by atoms with Gasteiger partial charge in [-0.15, -0.1) is 0 Å². The lowest BCUT2D eigenvalue weighted by Gasteiger charge is -2.03. The van der Waals surface area contributed by atoms with Crippen LogP contribution in [0.1, 0.15) is 16.1 Å². The summed E-state index contributed by atoms with van der Waals surface area (Å²) < 4.78 is 5.28. The Bertz CT molecular complexity index is 812. The Morgan fingerprint density at radius 3 is 2.89 bits per heavy atom. The third-order valence-electron chi connectivity index (χ3n) is 2.91. The highest BCUT2D eigenvalue weighted by molar-refractivity contribution is 5.97. The highest BCUT2D eigenvalue weighted by Crippen LogP contribution is 2.27. The third kappa shape index (κ3) is 1.87. The molecule has 3 rings (SSSR count). The van der Waals surface area contributed by atoms with Crippen molar-refractivity contribution >= 4 is 17.3 Å². The van der Waals surface area contributed by atoms with Gasteiger partial charge in [-0.05, 0) is 41.5 Å². The summed E-state index contributed by atoms with van der Waals surface area (Å²) in [5.74, 6) is 0. The van der Waals surface area contributed by atoms with Gasteiger partial charge in [0.15, 0.2) is 6.29 Å². The van der Waals surface area contributed by atoms with Crippen molar-refractivity contribution in [3.63, 3.8) is 0 Å². The van der Waals surface area contributed by atoms with Crippen LogP contribution in [0.3, 0.4) is 0 Å². The highest BCUT2D eigenvalue weighted by Gasteiger charge is 2.08. The van der Waals surface area contributed by atoms with Crippen molar-refractivity contribution in [2.75, 3.05) is 0 Å². The Labute approximate surface area is 108 Å². The number of carbonyl (C=O) groups excluding carboxylic acids is 1. The van der Waals surface area contributed by atoms with Crippen LogP contribution in [0.4, 0.5) is 0 Å². The number of nitrogens with zero attached hydrogens (tertiary/aromatic N) is 2. The van der Waals surface area contributed by atoms with Crippen LogP contribution in [-0.4, -0.2) is 11.3 Å². The fraction of sp³-hybridized carbons (Fsp3) is 0. The molecular formula is C15H8N2O2.